The van der Waals surface area contributed by atoms with E-state index in [1.807, 2.05) is 0 Å². The van der Waals surface area contributed by atoms with Gasteiger partial charge in [-0.25, -0.2) is 9.13 Å². The molecular formula is C13H21N5O. The zero-order valence-corrected chi connectivity index (χ0v) is 11.6. The minimum Gasteiger partial charge on any atom is -0.422 e. The number of nitrogens with zero attached hydrogens (tertiary/aromatic N) is 5. The van der Waals surface area contributed by atoms with Gasteiger partial charge in [0, 0.05) is 20.1 Å². The van der Waals surface area contributed by atoms with Gasteiger partial charge in [0.1, 0.15) is 12.4 Å². The summed E-state index contributed by atoms with van der Waals surface area (Å²) in [6.07, 6.45) is 11.3. The van der Waals surface area contributed by atoms with Gasteiger partial charge >= 0.3 is 0 Å². The van der Waals surface area contributed by atoms with Crippen LogP contribution in [0.25, 0.3) is 5.41 Å². The molecule has 6 heteroatoms. The van der Waals surface area contributed by atoms with Crippen molar-refractivity contribution in [3.8, 4) is 6.19 Å². The zero-order chi connectivity index (χ0) is 14.3. The van der Waals surface area contributed by atoms with Gasteiger partial charge in [0.15, 0.2) is 0 Å². The van der Waals surface area contributed by atoms with Gasteiger partial charge in [-0.1, -0.05) is 13.3 Å². The second-order valence-corrected chi connectivity index (χ2v) is 3.90. The van der Waals surface area contributed by atoms with Gasteiger partial charge in [-0.15, -0.1) is 6.01 Å². The quantitative estimate of drug-likeness (QED) is 0.325. The number of aliphatic imine (C=N–C) groups is 1. The second kappa shape index (κ2) is 12.5. The Hall–Kier alpha value is -1.96. The van der Waals surface area contributed by atoms with Crippen molar-refractivity contribution in [1.82, 2.24) is 4.57 Å². The lowest BCUT2D eigenvalue weighted by Crippen LogP contribution is -2.31. The molecule has 1 aromatic heterocycles. The number of hydrogen-bond donors (Lipinski definition) is 0. The third-order valence-corrected chi connectivity index (χ3v) is 2.38. The summed E-state index contributed by atoms with van der Waals surface area (Å²) in [7, 11) is 1.75. The predicted octanol–water partition coefficient (Wildman–Crippen LogP) is 1.82. The molecule has 1 aromatic rings. The van der Waals surface area contributed by atoms with Gasteiger partial charge in [0.25, 0.3) is 0 Å². The summed E-state index contributed by atoms with van der Waals surface area (Å²) >= 11 is 0. The van der Waals surface area contributed by atoms with Crippen molar-refractivity contribution in [3.63, 3.8) is 0 Å². The first-order chi connectivity index (χ1) is 9.28. The molecule has 0 atom stereocenters. The minimum absolute atomic E-state index is 0.840. The van der Waals surface area contributed by atoms with Crippen LogP contribution in [0.2, 0.25) is 0 Å². The highest BCUT2D eigenvalue weighted by molar-refractivity contribution is 5.46. The maximum atomic E-state index is 7.43. The first kappa shape index (κ1) is 17.0. The maximum Gasteiger partial charge on any atom is 0.243 e. The van der Waals surface area contributed by atoms with Crippen LogP contribution in [0.1, 0.15) is 26.2 Å². The average Bonchev–Trinajstić information content (AvgIpc) is 2.86. The highest BCUT2D eigenvalue weighted by Crippen LogP contribution is 1.93. The summed E-state index contributed by atoms with van der Waals surface area (Å²) in [5.41, 5.74) is 0. The Balaban J connectivity index is 0.000000555. The first-order valence-corrected chi connectivity index (χ1v) is 6.30. The molecule has 0 radical (unpaired) electrons. The molecule has 0 aliphatic carbocycles. The SMILES string of the molecule is CCCCn1cc[n+](CCCOC)c1.N#CN=C=[N-]. The Morgan fingerprint density at radius 2 is 2.26 bits per heavy atom. The van der Waals surface area contributed by atoms with E-state index >= 15 is 0 Å². The number of hydrogen-bond acceptors (Lipinski definition) is 3. The molecule has 0 N–H and O–H groups in total. The molecule has 0 bridgehead atoms. The van der Waals surface area contributed by atoms with Crippen LogP contribution in [-0.2, 0) is 17.8 Å². The smallest absolute Gasteiger partial charge is 0.243 e. The van der Waals surface area contributed by atoms with Gasteiger partial charge in [0.05, 0.1) is 19.3 Å². The standard InChI is InChI=1S/C11H21N2O.C2N3/c1-3-4-6-12-8-9-13(11-12)7-5-10-14-2;3-1-5-2-4/h8-9,11H,3-7,10H2,1-2H3;/q+1;-1. The molecule has 1 rings (SSSR count). The molecule has 19 heavy (non-hydrogen) atoms. The Kier molecular flexibility index (Phi) is 11.2. The molecule has 0 aliphatic rings. The topological polar surface area (TPSA) is 76.5 Å². The summed E-state index contributed by atoms with van der Waals surface area (Å²) in [6.45, 7) is 5.24. The van der Waals surface area contributed by atoms with Gasteiger partial charge in [-0.3, -0.25) is 0 Å². The number of ether oxygens (including phenoxy) is 1. The lowest BCUT2D eigenvalue weighted by atomic mass is 10.3. The molecule has 0 aromatic carbocycles. The van der Waals surface area contributed by atoms with Crippen LogP contribution in [0.15, 0.2) is 23.7 Å². The van der Waals surface area contributed by atoms with E-state index in [2.05, 4.69) is 39.8 Å². The monoisotopic (exact) mass is 263 g/mol. The Morgan fingerprint density at radius 1 is 1.47 bits per heavy atom. The van der Waals surface area contributed by atoms with E-state index in [-0.39, 0.29) is 0 Å². The van der Waals surface area contributed by atoms with Crippen LogP contribution in [0.5, 0.6) is 0 Å². The summed E-state index contributed by atoms with van der Waals surface area (Å²) < 4.78 is 9.48. The van der Waals surface area contributed by atoms with E-state index in [1.165, 1.54) is 25.0 Å². The van der Waals surface area contributed by atoms with Gasteiger partial charge < -0.3 is 15.1 Å². The zero-order valence-electron chi connectivity index (χ0n) is 11.6. The number of unbranched alkanes of at least 4 members (excludes halogenated alkanes) is 1. The second-order valence-electron chi connectivity index (χ2n) is 3.90. The van der Waals surface area contributed by atoms with E-state index in [4.69, 9.17) is 15.4 Å². The molecule has 0 fully saturated rings. The van der Waals surface area contributed by atoms with E-state index in [1.54, 1.807) is 7.11 Å². The summed E-state index contributed by atoms with van der Waals surface area (Å²) in [5.74, 6) is 0. The van der Waals surface area contributed by atoms with Crippen molar-refractivity contribution in [1.29, 1.82) is 5.26 Å². The molecule has 0 spiro atoms. The molecule has 104 valence electrons. The van der Waals surface area contributed by atoms with Gasteiger partial charge in [-0.2, -0.15) is 5.26 Å². The molecule has 0 saturated carbocycles. The average molecular weight is 263 g/mol. The van der Waals surface area contributed by atoms with Crippen LogP contribution in [0.4, 0.5) is 0 Å². The normalized spacial score (nSPS) is 8.89. The number of nitriles is 1. The Morgan fingerprint density at radius 3 is 2.79 bits per heavy atom. The fraction of sp³-hybridized carbons (Fsp3) is 0.615. The molecule has 0 saturated heterocycles. The van der Waals surface area contributed by atoms with Crippen LogP contribution < -0.4 is 4.57 Å². The van der Waals surface area contributed by atoms with Gasteiger partial charge in [0.2, 0.25) is 6.33 Å². The molecule has 0 unspecified atom stereocenters. The van der Waals surface area contributed by atoms with E-state index in [9.17, 15) is 0 Å². The third kappa shape index (κ3) is 9.72. The predicted molar refractivity (Wildman–Crippen MR) is 72.4 cm³/mol. The van der Waals surface area contributed by atoms with Crippen molar-refractivity contribution in [2.24, 2.45) is 4.99 Å². The first-order valence-electron chi connectivity index (χ1n) is 6.30. The van der Waals surface area contributed by atoms with Crippen LogP contribution in [-0.4, -0.2) is 24.3 Å². The van der Waals surface area contributed by atoms with E-state index in [0.717, 1.165) is 26.1 Å². The Bertz CT molecular complexity index is 415. The van der Waals surface area contributed by atoms with Crippen molar-refractivity contribution in [3.05, 3.63) is 24.1 Å². The van der Waals surface area contributed by atoms with Crippen LogP contribution in [0.3, 0.4) is 0 Å². The number of aromatic nitrogens is 2. The highest BCUT2D eigenvalue weighted by Gasteiger charge is 2.01. The van der Waals surface area contributed by atoms with Crippen molar-refractivity contribution in [2.75, 3.05) is 13.7 Å². The lowest BCUT2D eigenvalue weighted by Gasteiger charge is -1.95. The molecular weight excluding hydrogens is 242 g/mol. The highest BCUT2D eigenvalue weighted by atomic mass is 16.5. The minimum atomic E-state index is 0.840. The van der Waals surface area contributed by atoms with Crippen molar-refractivity contribution >= 4 is 6.01 Å². The summed E-state index contributed by atoms with van der Waals surface area (Å²) in [4.78, 5) is 2.58. The third-order valence-electron chi connectivity index (χ3n) is 2.38. The number of aryl methyl sites for hydroxylation is 2. The fourth-order valence-electron chi connectivity index (χ4n) is 1.46. The molecule has 0 amide bonds. The molecule has 1 heterocycles. The van der Waals surface area contributed by atoms with Crippen molar-refractivity contribution in [2.45, 2.75) is 39.3 Å². The summed E-state index contributed by atoms with van der Waals surface area (Å²) in [6, 6.07) is 1.28. The van der Waals surface area contributed by atoms with Crippen LogP contribution >= 0.6 is 0 Å². The van der Waals surface area contributed by atoms with Crippen molar-refractivity contribution < 1.29 is 9.30 Å². The maximum absolute atomic E-state index is 7.43. The Labute approximate surface area is 114 Å². The fourth-order valence-corrected chi connectivity index (χ4v) is 1.46. The van der Waals surface area contributed by atoms with E-state index < -0.39 is 0 Å². The van der Waals surface area contributed by atoms with Gasteiger partial charge in [-0.05, 0) is 6.42 Å². The van der Waals surface area contributed by atoms with E-state index in [0.29, 0.717) is 0 Å². The molecule has 6 nitrogen and oxygen atoms in total. The summed E-state index contributed by atoms with van der Waals surface area (Å²) in [5, 5.41) is 14.9. The number of methoxy groups -OCH3 is 1. The lowest BCUT2D eigenvalue weighted by molar-refractivity contribution is -0.697. The molecule has 0 aliphatic heterocycles. The number of rotatable bonds is 7. The number of imidazole rings is 1. The van der Waals surface area contributed by atoms with Crippen LogP contribution in [0, 0.1) is 11.5 Å². The largest absolute Gasteiger partial charge is 0.422 e.